The first-order valence-corrected chi connectivity index (χ1v) is 6.22. The smallest absolute Gasteiger partial charge is 0.252 e. The first-order chi connectivity index (χ1) is 9.31. The maximum atomic E-state index is 11.9. The molecule has 0 aromatic carbocycles. The third-order valence-corrected chi connectivity index (χ3v) is 2.72. The molecule has 0 aliphatic heterocycles. The lowest BCUT2D eigenvalue weighted by atomic mass is 10.2. The number of aromatic nitrogens is 2. The predicted octanol–water partition coefficient (Wildman–Crippen LogP) is 1.14. The summed E-state index contributed by atoms with van der Waals surface area (Å²) >= 11 is 0. The van der Waals surface area contributed by atoms with Crippen molar-refractivity contribution in [3.63, 3.8) is 0 Å². The number of halogens is 2. The molecule has 21 heavy (non-hydrogen) atoms. The van der Waals surface area contributed by atoms with Crippen molar-refractivity contribution in [3.8, 4) is 0 Å². The summed E-state index contributed by atoms with van der Waals surface area (Å²) < 4.78 is 6.74. The summed E-state index contributed by atoms with van der Waals surface area (Å²) in [5.74, 6) is -0.0795. The molecule has 0 fully saturated rings. The van der Waals surface area contributed by atoms with Crippen LogP contribution in [0.2, 0.25) is 0 Å². The van der Waals surface area contributed by atoms with E-state index >= 15 is 0 Å². The zero-order valence-corrected chi connectivity index (χ0v) is 13.4. The largest absolute Gasteiger partial charge is 0.383 e. The molecule has 0 unspecified atom stereocenters. The summed E-state index contributed by atoms with van der Waals surface area (Å²) in [6, 6.07) is 3.60. The van der Waals surface area contributed by atoms with E-state index in [-0.39, 0.29) is 30.7 Å². The summed E-state index contributed by atoms with van der Waals surface area (Å²) in [4.78, 5) is 16.0. The van der Waals surface area contributed by atoms with E-state index in [1.54, 1.807) is 25.6 Å². The van der Waals surface area contributed by atoms with Gasteiger partial charge in [0, 0.05) is 45.3 Å². The molecule has 0 saturated heterocycles. The van der Waals surface area contributed by atoms with Gasteiger partial charge in [-0.25, -0.2) is 4.98 Å². The van der Waals surface area contributed by atoms with Crippen molar-refractivity contribution >= 4 is 36.4 Å². The van der Waals surface area contributed by atoms with E-state index in [1.807, 2.05) is 16.7 Å². The number of hydrogen-bond acceptors (Lipinski definition) is 4. The van der Waals surface area contributed by atoms with Crippen molar-refractivity contribution < 1.29 is 9.53 Å². The van der Waals surface area contributed by atoms with E-state index in [2.05, 4.69) is 15.6 Å². The molecule has 0 bridgehead atoms. The molecular weight excluding hydrogens is 315 g/mol. The zero-order chi connectivity index (χ0) is 13.5. The molecule has 0 radical (unpaired) electrons. The number of nitrogens with zero attached hydrogens (tertiary/aromatic N) is 2. The number of hydrogen-bond donors (Lipinski definition) is 2. The number of ether oxygens (including phenoxy) is 1. The normalized spacial score (nSPS) is 9.76. The van der Waals surface area contributed by atoms with E-state index in [4.69, 9.17) is 4.74 Å². The lowest BCUT2D eigenvalue weighted by Gasteiger charge is -2.07. The Morgan fingerprint density at radius 1 is 1.29 bits per heavy atom. The van der Waals surface area contributed by atoms with Crippen molar-refractivity contribution in [3.05, 3.63) is 36.3 Å². The number of pyridine rings is 1. The van der Waals surface area contributed by atoms with Crippen LogP contribution in [0.3, 0.4) is 0 Å². The van der Waals surface area contributed by atoms with Crippen LogP contribution >= 0.6 is 24.8 Å². The molecule has 2 aromatic heterocycles. The van der Waals surface area contributed by atoms with Crippen LogP contribution in [0.4, 0.5) is 0 Å². The van der Waals surface area contributed by atoms with Crippen LogP contribution < -0.4 is 10.6 Å². The van der Waals surface area contributed by atoms with Crippen LogP contribution in [0.25, 0.3) is 5.65 Å². The summed E-state index contributed by atoms with van der Waals surface area (Å²) in [6.45, 7) is 2.77. The Kier molecular flexibility index (Phi) is 9.73. The molecule has 2 heterocycles. The van der Waals surface area contributed by atoms with E-state index in [0.29, 0.717) is 18.7 Å². The fraction of sp³-hybridized carbons (Fsp3) is 0.385. The van der Waals surface area contributed by atoms with Crippen molar-refractivity contribution in [2.24, 2.45) is 0 Å². The highest BCUT2D eigenvalue weighted by Gasteiger charge is 2.05. The summed E-state index contributed by atoms with van der Waals surface area (Å²) in [5.41, 5.74) is 1.46. The second-order valence-corrected chi connectivity index (χ2v) is 4.11. The zero-order valence-electron chi connectivity index (χ0n) is 11.7. The molecule has 118 valence electrons. The third kappa shape index (κ3) is 5.89. The van der Waals surface area contributed by atoms with Crippen LogP contribution in [0.5, 0.6) is 0 Å². The molecule has 2 rings (SSSR count). The minimum atomic E-state index is -0.0795. The maximum absolute atomic E-state index is 11.9. The Balaban J connectivity index is 0.00000200. The van der Waals surface area contributed by atoms with E-state index < -0.39 is 0 Å². The predicted molar refractivity (Wildman–Crippen MR) is 86.8 cm³/mol. The SMILES string of the molecule is COCCNCCNC(=O)c1ccc2nccn2c1.Cl.Cl. The lowest BCUT2D eigenvalue weighted by Crippen LogP contribution is -2.33. The molecule has 8 heteroatoms. The Bertz CT molecular complexity index is 548. The molecule has 2 N–H and O–H groups in total. The van der Waals surface area contributed by atoms with Gasteiger partial charge in [-0.15, -0.1) is 24.8 Å². The summed E-state index contributed by atoms with van der Waals surface area (Å²) in [5, 5.41) is 6.02. The number of amides is 1. The minimum absolute atomic E-state index is 0. The summed E-state index contributed by atoms with van der Waals surface area (Å²) in [6.07, 6.45) is 5.30. The van der Waals surface area contributed by atoms with Crippen LogP contribution in [0.1, 0.15) is 10.4 Å². The monoisotopic (exact) mass is 334 g/mol. The van der Waals surface area contributed by atoms with Crippen LogP contribution in [0, 0.1) is 0 Å². The van der Waals surface area contributed by atoms with Gasteiger partial charge >= 0.3 is 0 Å². The average molecular weight is 335 g/mol. The Morgan fingerprint density at radius 3 is 2.86 bits per heavy atom. The second kappa shape index (κ2) is 10.4. The molecule has 0 spiro atoms. The molecule has 0 aliphatic carbocycles. The van der Waals surface area contributed by atoms with Gasteiger partial charge in [-0.05, 0) is 12.1 Å². The van der Waals surface area contributed by atoms with Gasteiger partial charge in [0.2, 0.25) is 0 Å². The number of carbonyl (C=O) groups excluding carboxylic acids is 1. The van der Waals surface area contributed by atoms with E-state index in [9.17, 15) is 4.79 Å². The average Bonchev–Trinajstić information content (AvgIpc) is 2.89. The highest BCUT2D eigenvalue weighted by Crippen LogP contribution is 2.04. The number of fused-ring (bicyclic) bond motifs is 1. The first kappa shape index (κ1) is 19.7. The van der Waals surface area contributed by atoms with E-state index in [0.717, 1.165) is 18.7 Å². The number of carbonyl (C=O) groups is 1. The highest BCUT2D eigenvalue weighted by molar-refractivity contribution is 5.94. The lowest BCUT2D eigenvalue weighted by molar-refractivity contribution is 0.0953. The molecule has 6 nitrogen and oxygen atoms in total. The van der Waals surface area contributed by atoms with Crippen molar-refractivity contribution in [2.75, 3.05) is 33.4 Å². The Hall–Kier alpha value is -1.34. The standard InChI is InChI=1S/C13H18N4O2.2ClH/c1-19-9-7-14-4-5-16-13(18)11-2-3-12-15-6-8-17(12)10-11;;/h2-3,6,8,10,14H,4-5,7,9H2,1H3,(H,16,18);2*1H. The Morgan fingerprint density at radius 2 is 2.10 bits per heavy atom. The molecular formula is C13H20Cl2N4O2. The third-order valence-electron chi connectivity index (χ3n) is 2.72. The fourth-order valence-corrected chi connectivity index (χ4v) is 1.72. The molecule has 0 atom stereocenters. The Labute approximate surface area is 136 Å². The highest BCUT2D eigenvalue weighted by atomic mass is 35.5. The summed E-state index contributed by atoms with van der Waals surface area (Å²) in [7, 11) is 1.66. The van der Waals surface area contributed by atoms with Gasteiger partial charge in [-0.1, -0.05) is 0 Å². The van der Waals surface area contributed by atoms with Gasteiger partial charge in [-0.2, -0.15) is 0 Å². The van der Waals surface area contributed by atoms with Gasteiger partial charge in [0.1, 0.15) is 5.65 Å². The van der Waals surface area contributed by atoms with E-state index in [1.165, 1.54) is 0 Å². The van der Waals surface area contributed by atoms with Gasteiger partial charge in [0.15, 0.2) is 0 Å². The number of imidazole rings is 1. The number of methoxy groups -OCH3 is 1. The topological polar surface area (TPSA) is 67.7 Å². The second-order valence-electron chi connectivity index (χ2n) is 4.11. The fourth-order valence-electron chi connectivity index (χ4n) is 1.72. The molecule has 2 aromatic rings. The van der Waals surface area contributed by atoms with Crippen LogP contribution in [-0.4, -0.2) is 48.6 Å². The number of nitrogens with one attached hydrogen (secondary N) is 2. The molecule has 1 amide bonds. The van der Waals surface area contributed by atoms with Gasteiger partial charge < -0.3 is 19.8 Å². The molecule has 0 aliphatic rings. The number of rotatable bonds is 7. The first-order valence-electron chi connectivity index (χ1n) is 6.22. The maximum Gasteiger partial charge on any atom is 0.252 e. The van der Waals surface area contributed by atoms with Crippen molar-refractivity contribution in [1.82, 2.24) is 20.0 Å². The van der Waals surface area contributed by atoms with Gasteiger partial charge in [0.25, 0.3) is 5.91 Å². The van der Waals surface area contributed by atoms with Crippen molar-refractivity contribution in [2.45, 2.75) is 0 Å². The minimum Gasteiger partial charge on any atom is -0.383 e. The van der Waals surface area contributed by atoms with Gasteiger partial charge in [0.05, 0.1) is 12.2 Å². The molecule has 0 saturated carbocycles. The van der Waals surface area contributed by atoms with Crippen LogP contribution in [-0.2, 0) is 4.74 Å². The van der Waals surface area contributed by atoms with Crippen LogP contribution in [0.15, 0.2) is 30.7 Å². The van der Waals surface area contributed by atoms with Crippen molar-refractivity contribution in [1.29, 1.82) is 0 Å². The quantitative estimate of drug-likeness (QED) is 0.745. The van der Waals surface area contributed by atoms with Gasteiger partial charge in [-0.3, -0.25) is 4.79 Å².